The molecule has 3 aromatic heterocycles. The van der Waals surface area contributed by atoms with Crippen LogP contribution in [-0.2, 0) is 60.9 Å². The molecule has 3 amide bonds. The zero-order chi connectivity index (χ0) is 64.1. The van der Waals surface area contributed by atoms with Gasteiger partial charge in [0.2, 0.25) is 0 Å². The first-order valence-corrected chi connectivity index (χ1v) is 29.6. The molecule has 0 spiro atoms. The summed E-state index contributed by atoms with van der Waals surface area (Å²) in [5, 5.41) is 39.2. The van der Waals surface area contributed by atoms with Gasteiger partial charge in [-0.2, -0.15) is 0 Å². The first-order chi connectivity index (χ1) is 43.1. The van der Waals surface area contributed by atoms with E-state index in [0.717, 1.165) is 82.8 Å². The SMILES string of the molecule is C.C.CC(C)(C)OC(=O)NC(Cc1c[nH]c2ccccc12)C(=O)O.CC(C)(C)OC(=O)NC(Cc1cn(Cc2ccccc2)c2ccccc12)C(=O)O.O=C(NC(Cc1cn(Cc2ccccc2)c2ccccc12)C(=O)O)OCC1c2ccccc2-c2ccccc21.[Ba+2].[Br-].[H-].[K+].[OH-]. The number of aliphatic carboxylic acids is 3. The molecule has 3 heterocycles. The van der Waals surface area contributed by atoms with Gasteiger partial charge in [0, 0.05) is 89.6 Å². The average molecular weight is 1520 g/mol. The number of rotatable bonds is 18. The van der Waals surface area contributed by atoms with E-state index in [1.165, 1.54) is 0 Å². The van der Waals surface area contributed by atoms with Gasteiger partial charge in [0.05, 0.1) is 0 Å². The second kappa shape index (κ2) is 38.2. The van der Waals surface area contributed by atoms with E-state index in [4.69, 9.17) is 14.2 Å². The molecular formula is C74H84BaBrKN6O13. The van der Waals surface area contributed by atoms with E-state index < -0.39 is 65.5 Å². The van der Waals surface area contributed by atoms with Gasteiger partial charge in [-0.1, -0.05) is 179 Å². The zero-order valence-electron chi connectivity index (χ0n) is 54.5. The number of benzene rings is 7. The van der Waals surface area contributed by atoms with Crippen molar-refractivity contribution in [2.45, 2.75) is 124 Å². The van der Waals surface area contributed by atoms with E-state index in [2.05, 4.69) is 66.5 Å². The van der Waals surface area contributed by atoms with Crippen LogP contribution in [0.4, 0.5) is 14.4 Å². The monoisotopic (exact) mass is 1520 g/mol. The molecule has 3 atom stereocenters. The Bertz CT molecular complexity index is 4150. The molecule has 22 heteroatoms. The van der Waals surface area contributed by atoms with E-state index in [1.807, 2.05) is 158 Å². The molecule has 0 saturated carbocycles. The molecule has 96 heavy (non-hydrogen) atoms. The van der Waals surface area contributed by atoms with Crippen LogP contribution in [0.15, 0.2) is 201 Å². The molecule has 3 unspecified atom stereocenters. The number of nitrogens with one attached hydrogen (secondary N) is 4. The van der Waals surface area contributed by atoms with Gasteiger partial charge in [0.15, 0.2) is 0 Å². The molecule has 10 aromatic rings. The topological polar surface area (TPSA) is 283 Å². The first kappa shape index (κ1) is 83.3. The standard InChI is InChI=1S/C33H28N2O4.C23H26N2O4.C16H20N2O4.2CH4.Ba.BrH.K.H2O.H/c36-32(37)30(18-23-20-35(19-22-10-2-1-3-11-22)31-17-9-8-12-24(23)31)34-33(38)39-21-29-27-15-6-4-13-25(27)26-14-5-7-16-28(26)29;1-23(2,3)29-22(28)24-19(21(26)27)13-17-15-25(14-16-9-5-4-6-10-16)20-12-8-7-11-18(17)20;1-16(2,3)22-15(21)18-13(14(19)20)8-10-9-17-12-7-5-4-6-11(10)12;;;;;;;/h1-17,20,29-30H,18-19,21H2,(H,34,38)(H,36,37);4-12,15,19H,13-14H2,1-3H3,(H,24,28)(H,26,27);4-7,9,13,17H,8H2,1-3H3,(H,18,21)(H,19,20);2*1H4;;1H;;1H2;/q;;;;;+2;;+1;;-1/p-2. The fourth-order valence-corrected chi connectivity index (χ4v) is 11.0. The normalized spacial score (nSPS) is 12.0. The van der Waals surface area contributed by atoms with Crippen molar-refractivity contribution < 1.29 is 134 Å². The number of hydrogen-bond acceptors (Lipinski definition) is 10. The summed E-state index contributed by atoms with van der Waals surface area (Å²) in [7, 11) is 0. The Balaban J connectivity index is 0.000000497. The average Bonchev–Trinajstić information content (AvgIpc) is 1.63. The Morgan fingerprint density at radius 3 is 1.24 bits per heavy atom. The predicted molar refractivity (Wildman–Crippen MR) is 368 cm³/mol. The number of para-hydroxylation sites is 3. The molecule has 19 nitrogen and oxygen atoms in total. The minimum absolute atomic E-state index is 0. The van der Waals surface area contributed by atoms with Crippen LogP contribution < -0.4 is 84.3 Å². The van der Waals surface area contributed by atoms with Crippen LogP contribution in [0.25, 0.3) is 43.8 Å². The summed E-state index contributed by atoms with van der Waals surface area (Å²) >= 11 is 0. The Morgan fingerprint density at radius 1 is 0.490 bits per heavy atom. The molecule has 0 saturated heterocycles. The maximum atomic E-state index is 12.8. The number of carbonyl (C=O) groups is 6. The number of nitrogens with zero attached hydrogens (tertiary/aromatic N) is 2. The summed E-state index contributed by atoms with van der Waals surface area (Å²) in [6.45, 7) is 11.9. The van der Waals surface area contributed by atoms with Crippen LogP contribution in [0.2, 0.25) is 0 Å². The molecule has 11 rings (SSSR count). The van der Waals surface area contributed by atoms with E-state index >= 15 is 0 Å². The third kappa shape index (κ3) is 22.8. The molecule has 0 aliphatic heterocycles. The third-order valence-electron chi connectivity index (χ3n) is 15.0. The molecule has 498 valence electrons. The number of amides is 3. The smallest absolute Gasteiger partial charge is 1.00 e. The zero-order valence-corrected chi connectivity index (χ0v) is 62.7. The molecule has 1 aliphatic rings. The number of aromatic nitrogens is 3. The first-order valence-electron chi connectivity index (χ1n) is 29.6. The molecule has 0 bridgehead atoms. The van der Waals surface area contributed by atoms with Crippen LogP contribution in [0.3, 0.4) is 0 Å². The second-order valence-electron chi connectivity index (χ2n) is 24.0. The summed E-state index contributed by atoms with van der Waals surface area (Å²) < 4.78 is 20.1. The molecule has 8 N–H and O–H groups in total. The van der Waals surface area contributed by atoms with E-state index in [0.29, 0.717) is 13.1 Å². The fraction of sp³-hybridized carbons (Fsp3) is 0.270. The molecular weight excluding hydrogens is 1440 g/mol. The summed E-state index contributed by atoms with van der Waals surface area (Å²) in [5.74, 6) is -3.40. The van der Waals surface area contributed by atoms with Crippen LogP contribution >= 0.6 is 0 Å². The van der Waals surface area contributed by atoms with Crippen molar-refractivity contribution in [2.75, 3.05) is 6.61 Å². The van der Waals surface area contributed by atoms with E-state index in [9.17, 15) is 44.1 Å². The molecule has 0 fully saturated rings. The Hall–Kier alpha value is -6.97. The Labute approximate surface area is 655 Å². The van der Waals surface area contributed by atoms with Gasteiger partial charge >= 0.3 is 136 Å². The predicted octanol–water partition coefficient (Wildman–Crippen LogP) is 7.96. The van der Waals surface area contributed by atoms with Crippen molar-refractivity contribution in [3.05, 3.63) is 240 Å². The molecule has 0 radical (unpaired) electrons. The van der Waals surface area contributed by atoms with E-state index in [-0.39, 0.29) is 171 Å². The number of carboxylic acid groups (broad SMARTS) is 3. The van der Waals surface area contributed by atoms with Crippen LogP contribution in [0.5, 0.6) is 0 Å². The van der Waals surface area contributed by atoms with Gasteiger partial charge in [-0.3, -0.25) is 0 Å². The molecule has 1 aliphatic carbocycles. The summed E-state index contributed by atoms with van der Waals surface area (Å²) in [4.78, 5) is 75.1. The van der Waals surface area contributed by atoms with Crippen molar-refractivity contribution in [2.24, 2.45) is 0 Å². The number of halogens is 1. The number of H-pyrrole nitrogens is 1. The summed E-state index contributed by atoms with van der Waals surface area (Å²) in [6, 6.07) is 56.5. The van der Waals surface area contributed by atoms with Crippen molar-refractivity contribution in [3.8, 4) is 11.1 Å². The van der Waals surface area contributed by atoms with Crippen LogP contribution in [0, 0.1) is 0 Å². The van der Waals surface area contributed by atoms with Gasteiger partial charge in [0.1, 0.15) is 35.9 Å². The Morgan fingerprint density at radius 2 is 0.833 bits per heavy atom. The van der Waals surface area contributed by atoms with Crippen molar-refractivity contribution in [1.29, 1.82) is 0 Å². The number of aromatic amines is 1. The van der Waals surface area contributed by atoms with Crippen molar-refractivity contribution in [1.82, 2.24) is 30.1 Å². The van der Waals surface area contributed by atoms with Crippen LogP contribution in [0.1, 0.15) is 103 Å². The van der Waals surface area contributed by atoms with Gasteiger partial charge in [0.25, 0.3) is 0 Å². The number of carboxylic acids is 3. The molecule has 7 aromatic carbocycles. The maximum Gasteiger partial charge on any atom is 2.00 e. The largest absolute Gasteiger partial charge is 2.00 e. The van der Waals surface area contributed by atoms with Crippen molar-refractivity contribution in [3.63, 3.8) is 0 Å². The quantitative estimate of drug-likeness (QED) is 0.0318. The summed E-state index contributed by atoms with van der Waals surface area (Å²) in [6.07, 6.45) is 3.97. The fourth-order valence-electron chi connectivity index (χ4n) is 11.0. The second-order valence-corrected chi connectivity index (χ2v) is 24.0. The number of hydrogen-bond donors (Lipinski definition) is 7. The van der Waals surface area contributed by atoms with Gasteiger partial charge in [-0.05, 0) is 110 Å². The minimum atomic E-state index is -1.13. The van der Waals surface area contributed by atoms with Crippen molar-refractivity contribution >= 4 is 118 Å². The van der Waals surface area contributed by atoms with Crippen LogP contribution in [-0.4, -0.2) is 156 Å². The third-order valence-corrected chi connectivity index (χ3v) is 15.0. The number of ether oxygens (including phenoxy) is 3. The number of alkyl carbamates (subject to hydrolysis) is 3. The number of fused-ring (bicyclic) bond motifs is 6. The Kier molecular flexibility index (Phi) is 33.2. The summed E-state index contributed by atoms with van der Waals surface area (Å²) in [5.41, 5.74) is 10.9. The van der Waals surface area contributed by atoms with Gasteiger partial charge < -0.3 is 83.5 Å². The maximum absolute atomic E-state index is 12.8. The van der Waals surface area contributed by atoms with Gasteiger partial charge in [-0.25, -0.2) is 28.8 Å². The van der Waals surface area contributed by atoms with E-state index in [1.54, 1.807) is 47.7 Å². The van der Waals surface area contributed by atoms with Gasteiger partial charge in [-0.15, -0.1) is 0 Å². The number of carbonyl (C=O) groups excluding carboxylic acids is 3. The minimum Gasteiger partial charge on any atom is -1.00 e.